The highest BCUT2D eigenvalue weighted by Crippen LogP contribution is 2.40. The van der Waals surface area contributed by atoms with Crippen LogP contribution in [0.4, 0.5) is 4.39 Å². The molecule has 0 saturated heterocycles. The van der Waals surface area contributed by atoms with Crippen molar-refractivity contribution in [2.45, 2.75) is 31.7 Å². The summed E-state index contributed by atoms with van der Waals surface area (Å²) >= 11 is 0. The molecule has 3 heterocycles. The first-order chi connectivity index (χ1) is 12.8. The fourth-order valence-electron chi connectivity index (χ4n) is 4.07. The second kappa shape index (κ2) is 6.09. The van der Waals surface area contributed by atoms with Crippen LogP contribution in [0.1, 0.15) is 31.7 Å². The number of nitrogens with one attached hydrogen (secondary N) is 1. The van der Waals surface area contributed by atoms with Crippen LogP contribution in [0.2, 0.25) is 0 Å². The third kappa shape index (κ3) is 2.43. The number of aromatic amines is 1. The molecule has 5 heteroatoms. The van der Waals surface area contributed by atoms with Crippen LogP contribution < -0.4 is 0 Å². The summed E-state index contributed by atoms with van der Waals surface area (Å²) in [5, 5.41) is 1.08. The summed E-state index contributed by atoms with van der Waals surface area (Å²) in [5.41, 5.74) is 4.89. The molecule has 3 aromatic heterocycles. The summed E-state index contributed by atoms with van der Waals surface area (Å²) in [5.74, 6) is -0.234. The number of fused-ring (bicyclic) bond motifs is 1. The summed E-state index contributed by atoms with van der Waals surface area (Å²) < 4.78 is 15.7. The molecular formula is C21H19FN4. The van der Waals surface area contributed by atoms with E-state index in [9.17, 15) is 4.39 Å². The number of halogens is 1. The van der Waals surface area contributed by atoms with Gasteiger partial charge in [-0.25, -0.2) is 14.4 Å². The second-order valence-electron chi connectivity index (χ2n) is 6.89. The van der Waals surface area contributed by atoms with Gasteiger partial charge in [-0.2, -0.15) is 0 Å². The van der Waals surface area contributed by atoms with E-state index < -0.39 is 0 Å². The van der Waals surface area contributed by atoms with Gasteiger partial charge in [0, 0.05) is 34.9 Å². The SMILES string of the molecule is Fc1ccc(-c2ncn(C3CCCC3)c2-c2ccnc3[nH]ccc23)cc1. The molecule has 0 atom stereocenters. The Morgan fingerprint density at radius 2 is 1.81 bits per heavy atom. The Morgan fingerprint density at radius 1 is 1.00 bits per heavy atom. The zero-order chi connectivity index (χ0) is 17.5. The first-order valence-electron chi connectivity index (χ1n) is 9.06. The molecule has 4 nitrogen and oxygen atoms in total. The van der Waals surface area contributed by atoms with E-state index in [2.05, 4.69) is 20.6 Å². The Labute approximate surface area is 150 Å². The summed E-state index contributed by atoms with van der Waals surface area (Å²) in [7, 11) is 0. The molecule has 0 radical (unpaired) electrons. The van der Waals surface area contributed by atoms with Crippen LogP contribution >= 0.6 is 0 Å². The van der Waals surface area contributed by atoms with Crippen molar-refractivity contribution in [2.75, 3.05) is 0 Å². The Kier molecular flexibility index (Phi) is 3.59. The van der Waals surface area contributed by atoms with Gasteiger partial charge in [-0.15, -0.1) is 0 Å². The molecule has 0 aliphatic heterocycles. The predicted octanol–water partition coefficient (Wildman–Crippen LogP) is 5.35. The highest BCUT2D eigenvalue weighted by molar-refractivity contribution is 5.95. The lowest BCUT2D eigenvalue weighted by molar-refractivity contribution is 0.523. The number of H-pyrrole nitrogens is 1. The average molecular weight is 346 g/mol. The van der Waals surface area contributed by atoms with E-state index in [-0.39, 0.29) is 5.82 Å². The number of imidazole rings is 1. The van der Waals surface area contributed by atoms with E-state index in [1.807, 2.05) is 24.8 Å². The van der Waals surface area contributed by atoms with Crippen LogP contribution in [-0.4, -0.2) is 19.5 Å². The standard InChI is InChI=1S/C21H19FN4/c22-15-7-5-14(6-8-15)19-20(26(13-25-19)16-3-1-2-4-16)17-9-11-23-21-18(17)10-12-24-21/h5-13,16H,1-4H2,(H,23,24). The average Bonchev–Trinajstić information content (AvgIpc) is 3.41. The summed E-state index contributed by atoms with van der Waals surface area (Å²) in [6.07, 6.45) is 10.5. The van der Waals surface area contributed by atoms with E-state index >= 15 is 0 Å². The Morgan fingerprint density at radius 3 is 2.62 bits per heavy atom. The van der Waals surface area contributed by atoms with E-state index in [1.165, 1.54) is 37.8 Å². The van der Waals surface area contributed by atoms with Gasteiger partial charge in [-0.05, 0) is 49.2 Å². The van der Waals surface area contributed by atoms with Crippen LogP contribution in [0.5, 0.6) is 0 Å². The number of hydrogen-bond donors (Lipinski definition) is 1. The highest BCUT2D eigenvalue weighted by atomic mass is 19.1. The van der Waals surface area contributed by atoms with Gasteiger partial charge in [0.2, 0.25) is 0 Å². The van der Waals surface area contributed by atoms with Crippen molar-refractivity contribution < 1.29 is 4.39 Å². The molecule has 1 fully saturated rings. The molecule has 26 heavy (non-hydrogen) atoms. The van der Waals surface area contributed by atoms with Gasteiger partial charge >= 0.3 is 0 Å². The van der Waals surface area contributed by atoms with Crippen molar-refractivity contribution in [1.82, 2.24) is 19.5 Å². The molecule has 0 unspecified atom stereocenters. The lowest BCUT2D eigenvalue weighted by Crippen LogP contribution is -2.05. The lowest BCUT2D eigenvalue weighted by atomic mass is 10.0. The van der Waals surface area contributed by atoms with E-state index in [0.29, 0.717) is 6.04 Å². The fraction of sp³-hybridized carbons (Fsp3) is 0.238. The molecule has 1 aliphatic carbocycles. The first kappa shape index (κ1) is 15.3. The number of nitrogens with zero attached hydrogens (tertiary/aromatic N) is 3. The third-order valence-corrected chi connectivity index (χ3v) is 5.34. The van der Waals surface area contributed by atoms with Gasteiger partial charge in [-0.1, -0.05) is 12.8 Å². The number of aromatic nitrogens is 4. The largest absolute Gasteiger partial charge is 0.346 e. The predicted molar refractivity (Wildman–Crippen MR) is 100 cm³/mol. The fourth-order valence-corrected chi connectivity index (χ4v) is 4.07. The van der Waals surface area contributed by atoms with Crippen LogP contribution in [0, 0.1) is 5.82 Å². The normalized spacial score (nSPS) is 15.1. The smallest absolute Gasteiger partial charge is 0.137 e. The molecule has 0 amide bonds. The molecular weight excluding hydrogens is 327 g/mol. The number of rotatable bonds is 3. The van der Waals surface area contributed by atoms with E-state index in [0.717, 1.165) is 33.5 Å². The van der Waals surface area contributed by atoms with Crippen molar-refractivity contribution in [3.05, 3.63) is 60.9 Å². The van der Waals surface area contributed by atoms with Crippen molar-refractivity contribution in [3.8, 4) is 22.5 Å². The maximum atomic E-state index is 13.4. The quantitative estimate of drug-likeness (QED) is 0.544. The zero-order valence-corrected chi connectivity index (χ0v) is 14.3. The van der Waals surface area contributed by atoms with Crippen molar-refractivity contribution in [3.63, 3.8) is 0 Å². The van der Waals surface area contributed by atoms with Crippen molar-refractivity contribution in [1.29, 1.82) is 0 Å². The molecule has 1 saturated carbocycles. The van der Waals surface area contributed by atoms with Gasteiger partial charge < -0.3 is 9.55 Å². The minimum atomic E-state index is -0.234. The van der Waals surface area contributed by atoms with Crippen molar-refractivity contribution in [2.24, 2.45) is 0 Å². The summed E-state index contributed by atoms with van der Waals surface area (Å²) in [6, 6.07) is 11.2. The van der Waals surface area contributed by atoms with Gasteiger partial charge in [0.25, 0.3) is 0 Å². The van der Waals surface area contributed by atoms with E-state index in [1.54, 1.807) is 12.1 Å². The third-order valence-electron chi connectivity index (χ3n) is 5.34. The number of pyridine rings is 1. The Hall–Kier alpha value is -2.95. The molecule has 130 valence electrons. The summed E-state index contributed by atoms with van der Waals surface area (Å²) in [6.45, 7) is 0. The van der Waals surface area contributed by atoms with Crippen LogP contribution in [0.3, 0.4) is 0 Å². The summed E-state index contributed by atoms with van der Waals surface area (Å²) in [4.78, 5) is 12.3. The Bertz CT molecular complexity index is 1060. The van der Waals surface area contributed by atoms with Crippen molar-refractivity contribution >= 4 is 11.0 Å². The van der Waals surface area contributed by atoms with Gasteiger partial charge in [0.15, 0.2) is 0 Å². The van der Waals surface area contributed by atoms with Crippen LogP contribution in [-0.2, 0) is 0 Å². The molecule has 1 aromatic carbocycles. The minimum Gasteiger partial charge on any atom is -0.346 e. The molecule has 0 bridgehead atoms. The molecule has 1 N–H and O–H groups in total. The highest BCUT2D eigenvalue weighted by Gasteiger charge is 2.24. The van der Waals surface area contributed by atoms with Crippen LogP contribution in [0.15, 0.2) is 55.1 Å². The monoisotopic (exact) mass is 346 g/mol. The van der Waals surface area contributed by atoms with Crippen LogP contribution in [0.25, 0.3) is 33.5 Å². The minimum absolute atomic E-state index is 0.234. The number of hydrogen-bond acceptors (Lipinski definition) is 2. The van der Waals surface area contributed by atoms with E-state index in [4.69, 9.17) is 4.98 Å². The van der Waals surface area contributed by atoms with Gasteiger partial charge in [-0.3, -0.25) is 0 Å². The lowest BCUT2D eigenvalue weighted by Gasteiger charge is -2.17. The topological polar surface area (TPSA) is 46.5 Å². The maximum absolute atomic E-state index is 13.4. The first-order valence-corrected chi connectivity index (χ1v) is 9.06. The molecule has 5 rings (SSSR count). The van der Waals surface area contributed by atoms with Gasteiger partial charge in [0.05, 0.1) is 17.7 Å². The number of benzene rings is 1. The molecule has 0 spiro atoms. The zero-order valence-electron chi connectivity index (χ0n) is 14.3. The van der Waals surface area contributed by atoms with Gasteiger partial charge in [0.1, 0.15) is 11.5 Å². The molecule has 4 aromatic rings. The maximum Gasteiger partial charge on any atom is 0.137 e. The second-order valence-corrected chi connectivity index (χ2v) is 6.89. The molecule has 1 aliphatic rings. The Balaban J connectivity index is 1.76.